The van der Waals surface area contributed by atoms with E-state index >= 15 is 0 Å². The Morgan fingerprint density at radius 2 is 1.71 bits per heavy atom. The SMILES string of the molecule is Cc1cc2cc(N)ccc2n1-c1ccccc1. The third kappa shape index (κ3) is 1.58. The number of anilines is 1. The first-order valence-corrected chi connectivity index (χ1v) is 5.69. The predicted molar refractivity (Wildman–Crippen MR) is 72.4 cm³/mol. The number of nitrogens with zero attached hydrogens (tertiary/aromatic N) is 1. The van der Waals surface area contributed by atoms with E-state index in [1.165, 1.54) is 22.3 Å². The van der Waals surface area contributed by atoms with E-state index < -0.39 is 0 Å². The first-order valence-electron chi connectivity index (χ1n) is 5.69. The van der Waals surface area contributed by atoms with Crippen LogP contribution in [-0.2, 0) is 0 Å². The van der Waals surface area contributed by atoms with Crippen molar-refractivity contribution in [3.8, 4) is 5.69 Å². The second-order valence-electron chi connectivity index (χ2n) is 4.27. The topological polar surface area (TPSA) is 30.9 Å². The molecule has 1 aromatic heterocycles. The second-order valence-corrected chi connectivity index (χ2v) is 4.27. The molecule has 17 heavy (non-hydrogen) atoms. The summed E-state index contributed by atoms with van der Waals surface area (Å²) in [4.78, 5) is 0. The quantitative estimate of drug-likeness (QED) is 0.627. The van der Waals surface area contributed by atoms with Crippen molar-refractivity contribution < 1.29 is 0 Å². The molecule has 0 aliphatic carbocycles. The Morgan fingerprint density at radius 1 is 0.941 bits per heavy atom. The molecular formula is C15H14N2. The molecule has 1 heterocycles. The van der Waals surface area contributed by atoms with Gasteiger partial charge in [-0.2, -0.15) is 0 Å². The zero-order valence-corrected chi connectivity index (χ0v) is 9.72. The van der Waals surface area contributed by atoms with E-state index in [0.717, 1.165) is 5.69 Å². The molecular weight excluding hydrogens is 208 g/mol. The largest absolute Gasteiger partial charge is 0.399 e. The van der Waals surface area contributed by atoms with Crippen molar-refractivity contribution in [3.05, 3.63) is 60.3 Å². The maximum Gasteiger partial charge on any atom is 0.0532 e. The lowest BCUT2D eigenvalue weighted by atomic mass is 10.2. The molecule has 0 fully saturated rings. The number of rotatable bonds is 1. The van der Waals surface area contributed by atoms with Crippen LogP contribution in [0.4, 0.5) is 5.69 Å². The van der Waals surface area contributed by atoms with Crippen LogP contribution in [0.2, 0.25) is 0 Å². The van der Waals surface area contributed by atoms with Gasteiger partial charge in [0, 0.05) is 22.5 Å². The normalized spacial score (nSPS) is 10.9. The number of hydrogen-bond donors (Lipinski definition) is 1. The van der Waals surface area contributed by atoms with E-state index in [1.54, 1.807) is 0 Å². The highest BCUT2D eigenvalue weighted by Crippen LogP contribution is 2.25. The maximum atomic E-state index is 5.81. The third-order valence-electron chi connectivity index (χ3n) is 3.02. The predicted octanol–water partition coefficient (Wildman–Crippen LogP) is 3.52. The number of aryl methyl sites for hydroxylation is 1. The monoisotopic (exact) mass is 222 g/mol. The molecule has 0 spiro atoms. The fourth-order valence-electron chi connectivity index (χ4n) is 2.29. The van der Waals surface area contributed by atoms with Gasteiger partial charge in [0.25, 0.3) is 0 Å². The van der Waals surface area contributed by atoms with E-state index in [2.05, 4.69) is 47.9 Å². The zero-order chi connectivity index (χ0) is 11.8. The van der Waals surface area contributed by atoms with Crippen molar-refractivity contribution >= 4 is 16.6 Å². The second kappa shape index (κ2) is 3.67. The summed E-state index contributed by atoms with van der Waals surface area (Å²) >= 11 is 0. The average Bonchev–Trinajstić information content (AvgIpc) is 2.65. The number of para-hydroxylation sites is 1. The van der Waals surface area contributed by atoms with Gasteiger partial charge < -0.3 is 10.3 Å². The number of nitrogens with two attached hydrogens (primary N) is 1. The Hall–Kier alpha value is -2.22. The Labute approximate surface area is 100 Å². The van der Waals surface area contributed by atoms with Gasteiger partial charge in [0.05, 0.1) is 5.52 Å². The molecule has 0 aliphatic rings. The summed E-state index contributed by atoms with van der Waals surface area (Å²) in [6.45, 7) is 2.11. The fraction of sp³-hybridized carbons (Fsp3) is 0.0667. The maximum absolute atomic E-state index is 5.81. The van der Waals surface area contributed by atoms with Gasteiger partial charge in [-0.05, 0) is 43.3 Å². The molecule has 3 aromatic rings. The van der Waals surface area contributed by atoms with Crippen LogP contribution in [0, 0.1) is 6.92 Å². The number of nitrogen functional groups attached to an aromatic ring is 1. The van der Waals surface area contributed by atoms with Crippen molar-refractivity contribution in [1.29, 1.82) is 0 Å². The van der Waals surface area contributed by atoms with Gasteiger partial charge in [0.2, 0.25) is 0 Å². The fourth-order valence-corrected chi connectivity index (χ4v) is 2.29. The van der Waals surface area contributed by atoms with Gasteiger partial charge in [0.15, 0.2) is 0 Å². The van der Waals surface area contributed by atoms with Crippen LogP contribution in [0.15, 0.2) is 54.6 Å². The van der Waals surface area contributed by atoms with Crippen molar-refractivity contribution in [3.63, 3.8) is 0 Å². The molecule has 0 amide bonds. The molecule has 0 aliphatic heterocycles. The van der Waals surface area contributed by atoms with Crippen molar-refractivity contribution in [2.45, 2.75) is 6.92 Å². The standard InChI is InChI=1S/C15H14N2/c1-11-9-12-10-13(16)7-8-15(12)17(11)14-5-3-2-4-6-14/h2-10H,16H2,1H3. The smallest absolute Gasteiger partial charge is 0.0532 e. The molecule has 3 rings (SSSR count). The van der Waals surface area contributed by atoms with Gasteiger partial charge in [0.1, 0.15) is 0 Å². The third-order valence-corrected chi connectivity index (χ3v) is 3.02. The summed E-state index contributed by atoms with van der Waals surface area (Å²) in [6, 6.07) is 18.6. The highest BCUT2D eigenvalue weighted by molar-refractivity contribution is 5.86. The lowest BCUT2D eigenvalue weighted by Crippen LogP contribution is -1.95. The van der Waals surface area contributed by atoms with Crippen LogP contribution in [0.3, 0.4) is 0 Å². The molecule has 0 unspecified atom stereocenters. The summed E-state index contributed by atoms with van der Waals surface area (Å²) in [7, 11) is 0. The summed E-state index contributed by atoms with van der Waals surface area (Å²) in [5.74, 6) is 0. The Bertz CT molecular complexity index is 666. The van der Waals surface area contributed by atoms with E-state index in [1.807, 2.05) is 18.2 Å². The molecule has 0 atom stereocenters. The van der Waals surface area contributed by atoms with Crippen molar-refractivity contribution in [1.82, 2.24) is 4.57 Å². The summed E-state index contributed by atoms with van der Waals surface area (Å²) < 4.78 is 2.24. The Kier molecular flexibility index (Phi) is 2.15. The van der Waals surface area contributed by atoms with Gasteiger partial charge in [-0.3, -0.25) is 0 Å². The number of benzene rings is 2. The molecule has 0 radical (unpaired) electrons. The van der Waals surface area contributed by atoms with E-state index in [4.69, 9.17) is 5.73 Å². The average molecular weight is 222 g/mol. The summed E-state index contributed by atoms with van der Waals surface area (Å²) in [5, 5.41) is 1.19. The van der Waals surface area contributed by atoms with Crippen LogP contribution in [0.25, 0.3) is 16.6 Å². The van der Waals surface area contributed by atoms with Crippen molar-refractivity contribution in [2.24, 2.45) is 0 Å². The van der Waals surface area contributed by atoms with Gasteiger partial charge in [-0.1, -0.05) is 18.2 Å². The van der Waals surface area contributed by atoms with Crippen LogP contribution in [0.5, 0.6) is 0 Å². The Balaban J connectivity index is 2.33. The minimum atomic E-state index is 0.808. The molecule has 2 heteroatoms. The molecule has 0 saturated heterocycles. The van der Waals surface area contributed by atoms with Gasteiger partial charge in [-0.25, -0.2) is 0 Å². The first kappa shape index (κ1) is 9.97. The van der Waals surface area contributed by atoms with Crippen LogP contribution in [0.1, 0.15) is 5.69 Å². The zero-order valence-electron chi connectivity index (χ0n) is 9.72. The van der Waals surface area contributed by atoms with Crippen molar-refractivity contribution in [2.75, 3.05) is 5.73 Å². The molecule has 2 aromatic carbocycles. The van der Waals surface area contributed by atoms with Gasteiger partial charge >= 0.3 is 0 Å². The number of fused-ring (bicyclic) bond motifs is 1. The van der Waals surface area contributed by atoms with E-state index in [-0.39, 0.29) is 0 Å². The lowest BCUT2D eigenvalue weighted by Gasteiger charge is -2.08. The van der Waals surface area contributed by atoms with E-state index in [9.17, 15) is 0 Å². The number of hydrogen-bond acceptors (Lipinski definition) is 1. The highest BCUT2D eigenvalue weighted by Gasteiger charge is 2.06. The summed E-state index contributed by atoms with van der Waals surface area (Å²) in [5.41, 5.74) is 10.2. The summed E-state index contributed by atoms with van der Waals surface area (Å²) in [6.07, 6.45) is 0. The highest BCUT2D eigenvalue weighted by atomic mass is 15.0. The molecule has 0 bridgehead atoms. The molecule has 0 saturated carbocycles. The molecule has 2 nitrogen and oxygen atoms in total. The minimum absolute atomic E-state index is 0.808. The van der Waals surface area contributed by atoms with Crippen LogP contribution in [-0.4, -0.2) is 4.57 Å². The van der Waals surface area contributed by atoms with E-state index in [0.29, 0.717) is 0 Å². The van der Waals surface area contributed by atoms with Crippen LogP contribution < -0.4 is 5.73 Å². The lowest BCUT2D eigenvalue weighted by molar-refractivity contribution is 1.05. The first-order chi connectivity index (χ1) is 8.25. The molecule has 84 valence electrons. The minimum Gasteiger partial charge on any atom is -0.399 e. The van der Waals surface area contributed by atoms with Crippen LogP contribution >= 0.6 is 0 Å². The van der Waals surface area contributed by atoms with Gasteiger partial charge in [-0.15, -0.1) is 0 Å². The number of aromatic nitrogens is 1. The molecule has 2 N–H and O–H groups in total. The Morgan fingerprint density at radius 3 is 2.47 bits per heavy atom.